The van der Waals surface area contributed by atoms with Crippen molar-refractivity contribution in [2.75, 3.05) is 24.3 Å². The van der Waals surface area contributed by atoms with Crippen LogP contribution in [0.25, 0.3) is 22.4 Å². The summed E-state index contributed by atoms with van der Waals surface area (Å²) in [6, 6.07) is 16.3. The van der Waals surface area contributed by atoms with Crippen molar-refractivity contribution >= 4 is 38.3 Å². The highest BCUT2D eigenvalue weighted by atomic mass is 32.2. The molecular formula is C24H23N5O5S2. The van der Waals surface area contributed by atoms with Gasteiger partial charge in [-0.15, -0.1) is 10.2 Å². The van der Waals surface area contributed by atoms with Crippen LogP contribution in [0.15, 0.2) is 69.0 Å². The number of amides is 1. The maximum Gasteiger partial charge on any atom is 0.277 e. The lowest BCUT2D eigenvalue weighted by Crippen LogP contribution is -2.38. The first-order valence-corrected chi connectivity index (χ1v) is 14.1. The summed E-state index contributed by atoms with van der Waals surface area (Å²) in [6.45, 7) is 0.283. The number of nitrogens with zero attached hydrogens (tertiary/aromatic N) is 5. The molecule has 1 atom stereocenters. The molecule has 2 aromatic carbocycles. The van der Waals surface area contributed by atoms with Crippen LogP contribution in [0, 0.1) is 0 Å². The summed E-state index contributed by atoms with van der Waals surface area (Å²) in [7, 11) is -1.48. The minimum Gasteiger partial charge on any atom is -0.409 e. The number of carbonyl (C=O) groups excluding carboxylic acids is 1. The van der Waals surface area contributed by atoms with Gasteiger partial charge in [-0.05, 0) is 18.1 Å². The van der Waals surface area contributed by atoms with E-state index in [0.717, 1.165) is 17.3 Å². The molecule has 10 nitrogen and oxygen atoms in total. The second-order valence-corrected chi connectivity index (χ2v) is 11.7. The largest absolute Gasteiger partial charge is 0.409 e. The van der Waals surface area contributed by atoms with Crippen LogP contribution in [0.2, 0.25) is 0 Å². The van der Waals surface area contributed by atoms with E-state index < -0.39 is 9.84 Å². The Labute approximate surface area is 211 Å². The molecule has 36 heavy (non-hydrogen) atoms. The van der Waals surface area contributed by atoms with Gasteiger partial charge >= 0.3 is 0 Å². The zero-order chi connectivity index (χ0) is 25.3. The first-order chi connectivity index (χ1) is 17.3. The Morgan fingerprint density at radius 1 is 1.11 bits per heavy atom. The molecule has 1 amide bonds. The minimum atomic E-state index is -3.09. The predicted octanol–water partition coefficient (Wildman–Crippen LogP) is 2.23. The van der Waals surface area contributed by atoms with Crippen LogP contribution < -0.4 is 5.56 Å². The van der Waals surface area contributed by atoms with E-state index >= 15 is 0 Å². The summed E-state index contributed by atoms with van der Waals surface area (Å²) >= 11 is 1.07. The number of rotatable bonds is 7. The normalized spacial score (nSPS) is 16.9. The van der Waals surface area contributed by atoms with E-state index in [2.05, 4.69) is 15.3 Å². The molecule has 1 fully saturated rings. The summed E-state index contributed by atoms with van der Waals surface area (Å²) in [5.41, 5.74) is 1.07. The predicted molar refractivity (Wildman–Crippen MR) is 135 cm³/mol. The average molecular weight is 526 g/mol. The second kappa shape index (κ2) is 9.86. The van der Waals surface area contributed by atoms with Gasteiger partial charge in [0, 0.05) is 18.5 Å². The lowest BCUT2D eigenvalue weighted by molar-refractivity contribution is -0.128. The molecule has 1 aliphatic heterocycles. The summed E-state index contributed by atoms with van der Waals surface area (Å²) in [4.78, 5) is 27.1. The molecule has 1 unspecified atom stereocenters. The molecular weight excluding hydrogens is 502 g/mol. The fraction of sp³-hybridized carbons (Fsp3) is 0.292. The van der Waals surface area contributed by atoms with Crippen LogP contribution in [0.5, 0.6) is 0 Å². The molecule has 1 aliphatic rings. The third-order valence-electron chi connectivity index (χ3n) is 6.12. The van der Waals surface area contributed by atoms with Gasteiger partial charge in [0.25, 0.3) is 16.7 Å². The molecule has 1 saturated heterocycles. The lowest BCUT2D eigenvalue weighted by atomic mass is 10.1. The van der Waals surface area contributed by atoms with E-state index in [0.29, 0.717) is 22.9 Å². The highest BCUT2D eigenvalue weighted by Gasteiger charge is 2.32. The van der Waals surface area contributed by atoms with Crippen LogP contribution >= 0.6 is 11.8 Å². The smallest absolute Gasteiger partial charge is 0.277 e. The van der Waals surface area contributed by atoms with Crippen molar-refractivity contribution in [1.82, 2.24) is 24.9 Å². The molecule has 0 saturated carbocycles. The zero-order valence-corrected chi connectivity index (χ0v) is 21.0. The highest BCUT2D eigenvalue weighted by molar-refractivity contribution is 7.99. The van der Waals surface area contributed by atoms with E-state index in [1.807, 2.05) is 30.3 Å². The Bertz CT molecular complexity index is 1580. The average Bonchev–Trinajstić information content (AvgIpc) is 3.50. The van der Waals surface area contributed by atoms with Crippen LogP contribution in [0.1, 0.15) is 12.0 Å². The third kappa shape index (κ3) is 5.05. The Kier molecular flexibility index (Phi) is 6.63. The number of benzene rings is 2. The fourth-order valence-electron chi connectivity index (χ4n) is 4.13. The van der Waals surface area contributed by atoms with Gasteiger partial charge in [0.15, 0.2) is 15.5 Å². The minimum absolute atomic E-state index is 0.0119. The third-order valence-corrected chi connectivity index (χ3v) is 8.67. The molecule has 186 valence electrons. The monoisotopic (exact) mass is 525 g/mol. The van der Waals surface area contributed by atoms with Crippen LogP contribution in [-0.2, 0) is 21.2 Å². The quantitative estimate of drug-likeness (QED) is 0.334. The van der Waals surface area contributed by atoms with E-state index in [1.165, 1.54) is 9.58 Å². The fourth-order valence-corrected chi connectivity index (χ4v) is 6.59. The molecule has 3 heterocycles. The van der Waals surface area contributed by atoms with Gasteiger partial charge in [-0.2, -0.15) is 5.10 Å². The molecule has 0 N–H and O–H groups in total. The van der Waals surface area contributed by atoms with E-state index in [9.17, 15) is 18.0 Å². The Hall–Kier alpha value is -3.51. The van der Waals surface area contributed by atoms with Gasteiger partial charge in [-0.3, -0.25) is 9.59 Å². The second-order valence-electron chi connectivity index (χ2n) is 8.57. The number of thioether (sulfide) groups is 1. The topological polar surface area (TPSA) is 128 Å². The number of sulfone groups is 1. The number of hydrogen-bond donors (Lipinski definition) is 0. The van der Waals surface area contributed by atoms with Crippen molar-refractivity contribution in [1.29, 1.82) is 0 Å². The molecule has 0 aliphatic carbocycles. The zero-order valence-electron chi connectivity index (χ0n) is 19.4. The van der Waals surface area contributed by atoms with Crippen LogP contribution in [0.3, 0.4) is 0 Å². The van der Waals surface area contributed by atoms with Crippen molar-refractivity contribution in [3.63, 3.8) is 0 Å². The summed E-state index contributed by atoms with van der Waals surface area (Å²) in [5, 5.41) is 13.9. The van der Waals surface area contributed by atoms with Gasteiger partial charge in [0.05, 0.1) is 29.2 Å². The summed E-state index contributed by atoms with van der Waals surface area (Å²) in [5.74, 6) is 0.0290. The van der Waals surface area contributed by atoms with E-state index in [4.69, 9.17) is 4.42 Å². The van der Waals surface area contributed by atoms with Gasteiger partial charge in [0.2, 0.25) is 5.91 Å². The molecule has 2 aromatic heterocycles. The maximum atomic E-state index is 13.1. The number of aromatic nitrogens is 4. The standard InChI is InChI=1S/C24H23N5O5S2/c1-28(17-11-12-36(32,33)15-17)20(30)14-35-24-26-25-22(34-24)21-18-9-5-6-10-19(18)23(31)29(27-21)13-16-7-3-2-4-8-16/h2-10,17H,11-15H2,1H3. The number of fused-ring (bicyclic) bond motifs is 1. The molecule has 0 radical (unpaired) electrons. The van der Waals surface area contributed by atoms with Crippen molar-refractivity contribution in [2.24, 2.45) is 0 Å². The van der Waals surface area contributed by atoms with Crippen molar-refractivity contribution in [3.05, 3.63) is 70.5 Å². The highest BCUT2D eigenvalue weighted by Crippen LogP contribution is 2.27. The number of hydrogen-bond acceptors (Lipinski definition) is 9. The lowest BCUT2D eigenvalue weighted by Gasteiger charge is -2.22. The van der Waals surface area contributed by atoms with Crippen molar-refractivity contribution in [3.8, 4) is 11.6 Å². The Morgan fingerprint density at radius 3 is 2.56 bits per heavy atom. The number of carbonyl (C=O) groups is 1. The summed E-state index contributed by atoms with van der Waals surface area (Å²) < 4.78 is 30.6. The molecule has 4 aromatic rings. The first kappa shape index (κ1) is 24.2. The Morgan fingerprint density at radius 2 is 1.83 bits per heavy atom. The van der Waals surface area contributed by atoms with E-state index in [1.54, 1.807) is 31.3 Å². The maximum absolute atomic E-state index is 13.1. The van der Waals surface area contributed by atoms with Crippen LogP contribution in [-0.4, -0.2) is 69.6 Å². The van der Waals surface area contributed by atoms with Crippen molar-refractivity contribution < 1.29 is 17.6 Å². The van der Waals surface area contributed by atoms with Gasteiger partial charge in [-0.25, -0.2) is 13.1 Å². The van der Waals surface area contributed by atoms with Gasteiger partial charge in [0.1, 0.15) is 0 Å². The van der Waals surface area contributed by atoms with Gasteiger partial charge < -0.3 is 9.32 Å². The van der Waals surface area contributed by atoms with Crippen LogP contribution in [0.4, 0.5) is 0 Å². The molecule has 12 heteroatoms. The molecule has 0 spiro atoms. The summed E-state index contributed by atoms with van der Waals surface area (Å²) in [6.07, 6.45) is 0.442. The SMILES string of the molecule is CN(C(=O)CSc1nnc(-c2nn(Cc3ccccc3)c(=O)c3ccccc23)o1)C1CCS(=O)(=O)C1. The molecule has 5 rings (SSSR count). The first-order valence-electron chi connectivity index (χ1n) is 11.3. The van der Waals surface area contributed by atoms with Gasteiger partial charge in [-0.1, -0.05) is 60.3 Å². The Balaban J connectivity index is 1.37. The van der Waals surface area contributed by atoms with E-state index in [-0.39, 0.29) is 52.4 Å². The van der Waals surface area contributed by atoms with Crippen molar-refractivity contribution in [2.45, 2.75) is 24.2 Å². The molecule has 0 bridgehead atoms.